The Labute approximate surface area is 189 Å². The highest BCUT2D eigenvalue weighted by Gasteiger charge is 2.35. The summed E-state index contributed by atoms with van der Waals surface area (Å²) < 4.78 is 5.67. The van der Waals surface area contributed by atoms with Crippen LogP contribution in [0.5, 0.6) is 5.75 Å². The monoisotopic (exact) mass is 431 g/mol. The summed E-state index contributed by atoms with van der Waals surface area (Å²) in [6.45, 7) is 9.71. The van der Waals surface area contributed by atoms with E-state index >= 15 is 0 Å². The third-order valence-corrected chi connectivity index (χ3v) is 6.09. The molecule has 2 aromatic carbocycles. The topological polar surface area (TPSA) is 61.9 Å². The average molecular weight is 432 g/mol. The third-order valence-electron chi connectivity index (χ3n) is 6.09. The van der Waals surface area contributed by atoms with Crippen LogP contribution in [0.1, 0.15) is 44.4 Å². The molecule has 0 saturated carbocycles. The van der Waals surface area contributed by atoms with E-state index < -0.39 is 6.03 Å². The summed E-state index contributed by atoms with van der Waals surface area (Å²) in [7, 11) is 1.62. The highest BCUT2D eigenvalue weighted by Crippen LogP contribution is 2.42. The SMILES string of the molecule is CCN1c2cc(OC)c(/C=C3/NC(=O)N(Cc4ccccc4)C3=O)cc2C(C)=CC1(C)C. The van der Waals surface area contributed by atoms with Crippen molar-refractivity contribution in [3.05, 3.63) is 70.9 Å². The fourth-order valence-electron chi connectivity index (χ4n) is 4.63. The predicted molar refractivity (Wildman–Crippen MR) is 127 cm³/mol. The number of carbonyl (C=O) groups is 2. The van der Waals surface area contributed by atoms with Gasteiger partial charge in [0, 0.05) is 29.4 Å². The molecule has 0 spiro atoms. The van der Waals surface area contributed by atoms with Crippen LogP contribution in [0.15, 0.2) is 54.2 Å². The minimum Gasteiger partial charge on any atom is -0.496 e. The quantitative estimate of drug-likeness (QED) is 0.545. The van der Waals surface area contributed by atoms with Crippen LogP contribution in [0.3, 0.4) is 0 Å². The summed E-state index contributed by atoms with van der Waals surface area (Å²) in [5.41, 5.74) is 5.15. The van der Waals surface area contributed by atoms with Gasteiger partial charge in [0.25, 0.3) is 5.91 Å². The summed E-state index contributed by atoms with van der Waals surface area (Å²) in [6, 6.07) is 13.1. The number of likely N-dealkylation sites (N-methyl/N-ethyl adjacent to an activating group) is 1. The molecule has 0 aliphatic carbocycles. The molecule has 1 N–H and O–H groups in total. The number of urea groups is 1. The molecule has 0 atom stereocenters. The Morgan fingerprint density at radius 3 is 2.50 bits per heavy atom. The van der Waals surface area contributed by atoms with Crippen molar-refractivity contribution in [2.45, 2.75) is 39.8 Å². The number of fused-ring (bicyclic) bond motifs is 1. The lowest BCUT2D eigenvalue weighted by Gasteiger charge is -2.43. The van der Waals surface area contributed by atoms with E-state index in [0.29, 0.717) is 5.75 Å². The van der Waals surface area contributed by atoms with E-state index in [9.17, 15) is 9.59 Å². The van der Waals surface area contributed by atoms with Gasteiger partial charge in [0.15, 0.2) is 0 Å². The number of allylic oxidation sites excluding steroid dienone is 1. The van der Waals surface area contributed by atoms with Crippen LogP contribution in [0.25, 0.3) is 11.6 Å². The molecular formula is C26H29N3O3. The Morgan fingerprint density at radius 1 is 1.12 bits per heavy atom. The first kappa shape index (κ1) is 21.7. The zero-order valence-electron chi connectivity index (χ0n) is 19.2. The lowest BCUT2D eigenvalue weighted by Crippen LogP contribution is -2.44. The molecule has 6 nitrogen and oxygen atoms in total. The van der Waals surface area contributed by atoms with E-state index in [1.54, 1.807) is 13.2 Å². The fourth-order valence-corrected chi connectivity index (χ4v) is 4.63. The van der Waals surface area contributed by atoms with Gasteiger partial charge in [-0.15, -0.1) is 0 Å². The Bertz CT molecular complexity index is 1130. The molecule has 166 valence electrons. The van der Waals surface area contributed by atoms with Crippen molar-refractivity contribution >= 4 is 29.3 Å². The molecule has 3 amide bonds. The fraction of sp³-hybridized carbons (Fsp3) is 0.308. The molecule has 32 heavy (non-hydrogen) atoms. The lowest BCUT2D eigenvalue weighted by atomic mass is 9.87. The van der Waals surface area contributed by atoms with E-state index in [-0.39, 0.29) is 23.7 Å². The minimum absolute atomic E-state index is 0.107. The number of imide groups is 1. The second kappa shape index (κ2) is 8.19. The number of hydrogen-bond donors (Lipinski definition) is 1. The van der Waals surface area contributed by atoms with Crippen molar-refractivity contribution in [2.75, 3.05) is 18.6 Å². The summed E-state index contributed by atoms with van der Waals surface area (Å²) in [4.78, 5) is 29.0. The number of amides is 3. The van der Waals surface area contributed by atoms with E-state index in [0.717, 1.165) is 28.9 Å². The van der Waals surface area contributed by atoms with Crippen molar-refractivity contribution in [1.29, 1.82) is 0 Å². The van der Waals surface area contributed by atoms with Crippen LogP contribution in [-0.2, 0) is 11.3 Å². The maximum absolute atomic E-state index is 13.0. The van der Waals surface area contributed by atoms with E-state index in [2.05, 4.69) is 44.0 Å². The second-order valence-corrected chi connectivity index (χ2v) is 8.70. The number of rotatable bonds is 5. The number of carbonyl (C=O) groups excluding carboxylic acids is 2. The van der Waals surface area contributed by atoms with Crippen LogP contribution >= 0.6 is 0 Å². The van der Waals surface area contributed by atoms with Crippen molar-refractivity contribution in [2.24, 2.45) is 0 Å². The standard InChI is InChI=1S/C26H29N3O3/c1-6-29-22-14-23(32-5)19(12-20(22)17(2)15-26(29,3)4)13-21-24(30)28(25(31)27-21)16-18-10-8-7-9-11-18/h7-15H,6,16H2,1-5H3,(H,27,31)/b21-13+. The number of methoxy groups -OCH3 is 1. The molecule has 4 rings (SSSR count). The van der Waals surface area contributed by atoms with Crippen molar-refractivity contribution in [1.82, 2.24) is 10.2 Å². The summed E-state index contributed by atoms with van der Waals surface area (Å²) in [5, 5.41) is 2.72. The molecule has 0 aromatic heterocycles. The number of hydrogen-bond acceptors (Lipinski definition) is 4. The van der Waals surface area contributed by atoms with Gasteiger partial charge in [0.1, 0.15) is 11.4 Å². The first-order chi connectivity index (χ1) is 15.2. The largest absolute Gasteiger partial charge is 0.496 e. The number of nitrogens with one attached hydrogen (secondary N) is 1. The van der Waals surface area contributed by atoms with Crippen LogP contribution < -0.4 is 15.0 Å². The van der Waals surface area contributed by atoms with Gasteiger partial charge in [-0.25, -0.2) is 4.79 Å². The molecule has 0 bridgehead atoms. The van der Waals surface area contributed by atoms with Gasteiger partial charge in [-0.1, -0.05) is 36.4 Å². The molecule has 2 heterocycles. The van der Waals surface area contributed by atoms with Gasteiger partial charge < -0.3 is 15.0 Å². The van der Waals surface area contributed by atoms with Gasteiger partial charge in [0.05, 0.1) is 19.2 Å². The number of ether oxygens (including phenoxy) is 1. The second-order valence-electron chi connectivity index (χ2n) is 8.70. The van der Waals surface area contributed by atoms with E-state index in [1.807, 2.05) is 42.5 Å². The number of benzene rings is 2. The van der Waals surface area contributed by atoms with Crippen molar-refractivity contribution < 1.29 is 14.3 Å². The Kier molecular flexibility index (Phi) is 5.55. The van der Waals surface area contributed by atoms with E-state index in [1.165, 1.54) is 10.5 Å². The summed E-state index contributed by atoms with van der Waals surface area (Å²) in [5.74, 6) is 0.311. The predicted octanol–water partition coefficient (Wildman–Crippen LogP) is 4.81. The molecule has 0 radical (unpaired) electrons. The molecule has 6 heteroatoms. The molecule has 2 aromatic rings. The highest BCUT2D eigenvalue weighted by molar-refractivity contribution is 6.14. The average Bonchev–Trinajstić information content (AvgIpc) is 3.01. The first-order valence-corrected chi connectivity index (χ1v) is 10.8. The molecule has 1 saturated heterocycles. The van der Waals surface area contributed by atoms with Gasteiger partial charge in [0.2, 0.25) is 0 Å². The zero-order valence-corrected chi connectivity index (χ0v) is 19.2. The van der Waals surface area contributed by atoms with Gasteiger partial charge in [-0.2, -0.15) is 0 Å². The van der Waals surface area contributed by atoms with Crippen molar-refractivity contribution in [3.63, 3.8) is 0 Å². The normalized spacial score (nSPS) is 18.5. The minimum atomic E-state index is -0.419. The number of nitrogens with zero attached hydrogens (tertiary/aromatic N) is 2. The third kappa shape index (κ3) is 3.77. The number of anilines is 1. The molecular weight excluding hydrogens is 402 g/mol. The Balaban J connectivity index is 1.71. The van der Waals surface area contributed by atoms with Gasteiger partial charge >= 0.3 is 6.03 Å². The van der Waals surface area contributed by atoms with Crippen LogP contribution in [0.4, 0.5) is 10.5 Å². The maximum Gasteiger partial charge on any atom is 0.329 e. The first-order valence-electron chi connectivity index (χ1n) is 10.8. The highest BCUT2D eigenvalue weighted by atomic mass is 16.5. The molecule has 0 unspecified atom stereocenters. The lowest BCUT2D eigenvalue weighted by molar-refractivity contribution is -0.123. The van der Waals surface area contributed by atoms with Crippen LogP contribution in [0.2, 0.25) is 0 Å². The van der Waals surface area contributed by atoms with Crippen LogP contribution in [0, 0.1) is 0 Å². The molecule has 2 aliphatic heterocycles. The van der Waals surface area contributed by atoms with Crippen molar-refractivity contribution in [3.8, 4) is 5.75 Å². The smallest absolute Gasteiger partial charge is 0.329 e. The Hall–Kier alpha value is -3.54. The van der Waals surface area contributed by atoms with E-state index in [4.69, 9.17) is 4.74 Å². The van der Waals surface area contributed by atoms with Crippen LogP contribution in [-0.4, -0.2) is 36.0 Å². The van der Waals surface area contributed by atoms with Gasteiger partial charge in [-0.05, 0) is 51.0 Å². The Morgan fingerprint density at radius 2 is 1.84 bits per heavy atom. The van der Waals surface area contributed by atoms with Gasteiger partial charge in [-0.3, -0.25) is 9.69 Å². The zero-order chi connectivity index (χ0) is 23.0. The molecule has 1 fully saturated rings. The summed E-state index contributed by atoms with van der Waals surface area (Å²) in [6.07, 6.45) is 3.96. The maximum atomic E-state index is 13.0. The molecule has 2 aliphatic rings. The summed E-state index contributed by atoms with van der Waals surface area (Å²) >= 11 is 0.